The van der Waals surface area contributed by atoms with Crippen LogP contribution in [0.15, 0.2) is 12.3 Å². The molecule has 1 amide bonds. The number of nitrogens with two attached hydrogens (primary N) is 1. The van der Waals surface area contributed by atoms with Gasteiger partial charge in [-0.15, -0.1) is 0 Å². The Morgan fingerprint density at radius 1 is 1.56 bits per heavy atom. The van der Waals surface area contributed by atoms with Crippen LogP contribution < -0.4 is 11.1 Å². The summed E-state index contributed by atoms with van der Waals surface area (Å²) in [5, 5.41) is 2.95. The summed E-state index contributed by atoms with van der Waals surface area (Å²) in [7, 11) is 0. The molecule has 1 saturated heterocycles. The molecule has 0 saturated carbocycles. The average molecular weight is 271 g/mol. The molecule has 7 heteroatoms. The van der Waals surface area contributed by atoms with Gasteiger partial charge in [0.25, 0.3) is 0 Å². The van der Waals surface area contributed by atoms with Crippen LogP contribution >= 0.6 is 11.6 Å². The Morgan fingerprint density at radius 2 is 2.28 bits per heavy atom. The lowest BCUT2D eigenvalue weighted by Crippen LogP contribution is -2.46. The lowest BCUT2D eigenvalue weighted by Gasteiger charge is -2.34. The summed E-state index contributed by atoms with van der Waals surface area (Å²) < 4.78 is 5.26. The molecule has 2 rings (SSSR count). The summed E-state index contributed by atoms with van der Waals surface area (Å²) in [5.41, 5.74) is 5.15. The number of rotatable bonds is 3. The van der Waals surface area contributed by atoms with Gasteiger partial charge in [-0.3, -0.25) is 10.1 Å². The van der Waals surface area contributed by atoms with Crippen molar-refractivity contribution in [3.05, 3.63) is 17.4 Å². The van der Waals surface area contributed by atoms with E-state index in [-0.39, 0.29) is 23.6 Å². The number of hydrogen-bond acceptors (Lipinski definition) is 5. The SMILES string of the molecule is NCC1(C(=O)Nc2nccc(Cl)n2)CCOCC1. The fourth-order valence-electron chi connectivity index (χ4n) is 1.92. The predicted octanol–water partition coefficient (Wildman–Crippen LogP) is 0.824. The van der Waals surface area contributed by atoms with Crippen LogP contribution in [0.25, 0.3) is 0 Å². The molecule has 1 aromatic rings. The van der Waals surface area contributed by atoms with E-state index in [2.05, 4.69) is 15.3 Å². The second-order valence-electron chi connectivity index (χ2n) is 4.25. The molecule has 1 aliphatic rings. The molecule has 6 nitrogen and oxygen atoms in total. The zero-order valence-corrected chi connectivity index (χ0v) is 10.6. The Morgan fingerprint density at radius 3 is 2.89 bits per heavy atom. The summed E-state index contributed by atoms with van der Waals surface area (Å²) in [6.07, 6.45) is 2.70. The van der Waals surface area contributed by atoms with Crippen molar-refractivity contribution in [2.45, 2.75) is 12.8 Å². The molecule has 98 valence electrons. The van der Waals surface area contributed by atoms with Gasteiger partial charge in [0.15, 0.2) is 0 Å². The molecule has 0 aromatic carbocycles. The molecule has 1 aromatic heterocycles. The van der Waals surface area contributed by atoms with Gasteiger partial charge in [0, 0.05) is 26.0 Å². The maximum Gasteiger partial charge on any atom is 0.234 e. The van der Waals surface area contributed by atoms with Crippen LogP contribution in [0.3, 0.4) is 0 Å². The van der Waals surface area contributed by atoms with Gasteiger partial charge >= 0.3 is 0 Å². The van der Waals surface area contributed by atoms with Gasteiger partial charge in [-0.05, 0) is 18.9 Å². The molecule has 3 N–H and O–H groups in total. The van der Waals surface area contributed by atoms with Crippen molar-refractivity contribution in [2.24, 2.45) is 11.1 Å². The summed E-state index contributed by atoms with van der Waals surface area (Å²) in [5.74, 6) is 0.0300. The molecule has 18 heavy (non-hydrogen) atoms. The first-order valence-corrected chi connectivity index (χ1v) is 6.12. The molecule has 0 radical (unpaired) electrons. The Bertz CT molecular complexity index is 435. The van der Waals surface area contributed by atoms with E-state index < -0.39 is 5.41 Å². The maximum absolute atomic E-state index is 12.3. The van der Waals surface area contributed by atoms with Crippen LogP contribution in [0.1, 0.15) is 12.8 Å². The van der Waals surface area contributed by atoms with Crippen LogP contribution in [-0.2, 0) is 9.53 Å². The number of amides is 1. The minimum Gasteiger partial charge on any atom is -0.381 e. The highest BCUT2D eigenvalue weighted by atomic mass is 35.5. The van der Waals surface area contributed by atoms with Crippen LogP contribution in [0.4, 0.5) is 5.95 Å². The minimum atomic E-state index is -0.593. The second kappa shape index (κ2) is 5.60. The number of carbonyl (C=O) groups is 1. The number of carbonyl (C=O) groups excluding carboxylic acids is 1. The minimum absolute atomic E-state index is 0.171. The van der Waals surface area contributed by atoms with Crippen molar-refractivity contribution in [3.63, 3.8) is 0 Å². The van der Waals surface area contributed by atoms with Gasteiger partial charge in [-0.25, -0.2) is 9.97 Å². The van der Waals surface area contributed by atoms with E-state index in [4.69, 9.17) is 22.1 Å². The molecule has 0 bridgehead atoms. The molecule has 0 aliphatic carbocycles. The van der Waals surface area contributed by atoms with Crippen LogP contribution in [0, 0.1) is 5.41 Å². The van der Waals surface area contributed by atoms with Crippen LogP contribution in [0.5, 0.6) is 0 Å². The lowest BCUT2D eigenvalue weighted by atomic mass is 9.79. The van der Waals surface area contributed by atoms with Gasteiger partial charge in [-0.1, -0.05) is 11.6 Å². The molecule has 1 fully saturated rings. The van der Waals surface area contributed by atoms with E-state index in [1.165, 1.54) is 6.20 Å². The van der Waals surface area contributed by atoms with E-state index in [9.17, 15) is 4.79 Å². The average Bonchev–Trinajstić information content (AvgIpc) is 2.39. The highest BCUT2D eigenvalue weighted by Crippen LogP contribution is 2.30. The van der Waals surface area contributed by atoms with E-state index in [0.717, 1.165) is 0 Å². The number of nitrogens with zero attached hydrogens (tertiary/aromatic N) is 2. The van der Waals surface area contributed by atoms with Gasteiger partial charge in [0.05, 0.1) is 5.41 Å². The van der Waals surface area contributed by atoms with Gasteiger partial charge in [0.1, 0.15) is 5.15 Å². The smallest absolute Gasteiger partial charge is 0.234 e. The topological polar surface area (TPSA) is 90.1 Å². The molecule has 1 aliphatic heterocycles. The third-order valence-corrected chi connectivity index (χ3v) is 3.38. The number of nitrogens with one attached hydrogen (secondary N) is 1. The Kier molecular flexibility index (Phi) is 4.11. The third kappa shape index (κ3) is 2.77. The Balaban J connectivity index is 2.10. The molecule has 2 heterocycles. The summed E-state index contributed by atoms with van der Waals surface area (Å²) >= 11 is 5.74. The number of aromatic nitrogens is 2. The maximum atomic E-state index is 12.3. The zero-order chi connectivity index (χ0) is 13.0. The lowest BCUT2D eigenvalue weighted by molar-refractivity contribution is -0.130. The van der Waals surface area contributed by atoms with Gasteiger partial charge in [-0.2, -0.15) is 0 Å². The summed E-state index contributed by atoms with van der Waals surface area (Å²) in [4.78, 5) is 20.1. The van der Waals surface area contributed by atoms with E-state index in [0.29, 0.717) is 26.1 Å². The Hall–Kier alpha value is -1.24. The van der Waals surface area contributed by atoms with Gasteiger partial charge in [0.2, 0.25) is 11.9 Å². The van der Waals surface area contributed by atoms with E-state index in [1.807, 2.05) is 0 Å². The molecule has 0 spiro atoms. The van der Waals surface area contributed by atoms with Crippen molar-refractivity contribution < 1.29 is 9.53 Å². The van der Waals surface area contributed by atoms with E-state index >= 15 is 0 Å². The predicted molar refractivity (Wildman–Crippen MR) is 67.2 cm³/mol. The second-order valence-corrected chi connectivity index (χ2v) is 4.64. The van der Waals surface area contributed by atoms with Crippen molar-refractivity contribution in [1.29, 1.82) is 0 Å². The monoisotopic (exact) mass is 270 g/mol. The first kappa shape index (κ1) is 13.2. The molecular weight excluding hydrogens is 256 g/mol. The fourth-order valence-corrected chi connectivity index (χ4v) is 2.05. The van der Waals surface area contributed by atoms with Crippen molar-refractivity contribution >= 4 is 23.5 Å². The first-order valence-electron chi connectivity index (χ1n) is 5.74. The number of hydrogen-bond donors (Lipinski definition) is 2. The number of anilines is 1. The highest BCUT2D eigenvalue weighted by Gasteiger charge is 2.39. The standard InChI is InChI=1S/C11H15ClN4O2/c12-8-1-4-14-10(15-8)16-9(17)11(7-13)2-5-18-6-3-11/h1,4H,2-3,5-7,13H2,(H,14,15,16,17). The van der Waals surface area contributed by atoms with Gasteiger partial charge < -0.3 is 10.5 Å². The molecule has 0 atom stereocenters. The number of halogens is 1. The van der Waals surface area contributed by atoms with Crippen LogP contribution in [0.2, 0.25) is 5.15 Å². The van der Waals surface area contributed by atoms with E-state index in [1.54, 1.807) is 6.07 Å². The first-order chi connectivity index (χ1) is 8.66. The van der Waals surface area contributed by atoms with Crippen molar-refractivity contribution in [2.75, 3.05) is 25.1 Å². The molecule has 0 unspecified atom stereocenters. The largest absolute Gasteiger partial charge is 0.381 e. The number of ether oxygens (including phenoxy) is 1. The quantitative estimate of drug-likeness (QED) is 0.794. The third-order valence-electron chi connectivity index (χ3n) is 3.17. The molecular formula is C11H15ClN4O2. The van der Waals surface area contributed by atoms with Crippen molar-refractivity contribution in [1.82, 2.24) is 9.97 Å². The summed E-state index contributed by atoms with van der Waals surface area (Å²) in [6, 6.07) is 1.55. The Labute approximate surface area is 110 Å². The zero-order valence-electron chi connectivity index (χ0n) is 9.86. The highest BCUT2D eigenvalue weighted by molar-refractivity contribution is 6.29. The fraction of sp³-hybridized carbons (Fsp3) is 0.545. The van der Waals surface area contributed by atoms with Crippen molar-refractivity contribution in [3.8, 4) is 0 Å². The van der Waals surface area contributed by atoms with Crippen LogP contribution in [-0.4, -0.2) is 35.6 Å². The summed E-state index contributed by atoms with van der Waals surface area (Å²) in [6.45, 7) is 1.37. The normalized spacial score (nSPS) is 18.3.